The van der Waals surface area contributed by atoms with Gasteiger partial charge >= 0.3 is 39.5 Å². The second kappa shape index (κ2) is 66.0. The van der Waals surface area contributed by atoms with Crippen LogP contribution in [0, 0.1) is 11.8 Å². The van der Waals surface area contributed by atoms with Crippen molar-refractivity contribution in [2.45, 2.75) is 400 Å². The van der Waals surface area contributed by atoms with Crippen molar-refractivity contribution in [1.29, 1.82) is 0 Å². The van der Waals surface area contributed by atoms with Crippen molar-refractivity contribution in [2.75, 3.05) is 39.6 Å². The average molecular weight is 1370 g/mol. The molecular weight excluding hydrogens is 1220 g/mol. The topological polar surface area (TPSA) is 237 Å². The van der Waals surface area contributed by atoms with E-state index in [4.69, 9.17) is 37.0 Å². The molecule has 0 amide bonds. The molecule has 0 radical (unpaired) electrons. The number of aliphatic hydroxyl groups is 1. The molecule has 5 atom stereocenters. The maximum absolute atomic E-state index is 13.1. The number of carbonyl (C=O) groups is 4. The minimum atomic E-state index is -4.95. The van der Waals surface area contributed by atoms with Gasteiger partial charge in [-0.15, -0.1) is 0 Å². The molecule has 0 aromatic heterocycles. The first-order valence-corrected chi connectivity index (χ1v) is 41.5. The average Bonchev–Trinajstić information content (AvgIpc) is 2.34. The van der Waals surface area contributed by atoms with Gasteiger partial charge in [-0.25, -0.2) is 9.13 Å². The van der Waals surface area contributed by atoms with Gasteiger partial charge in [0.25, 0.3) is 0 Å². The van der Waals surface area contributed by atoms with E-state index < -0.39 is 97.5 Å². The number of aliphatic hydroxyl groups excluding tert-OH is 1. The Bertz CT molecular complexity index is 1800. The number of phosphoric ester groups is 2. The van der Waals surface area contributed by atoms with Gasteiger partial charge in [0.2, 0.25) is 0 Å². The summed E-state index contributed by atoms with van der Waals surface area (Å²) in [6.45, 7) is 9.55. The molecule has 93 heavy (non-hydrogen) atoms. The third kappa shape index (κ3) is 68.4. The molecule has 0 aliphatic heterocycles. The van der Waals surface area contributed by atoms with E-state index in [9.17, 15) is 43.2 Å². The lowest BCUT2D eigenvalue weighted by molar-refractivity contribution is -0.161. The number of ether oxygens (including phenoxy) is 4. The van der Waals surface area contributed by atoms with E-state index in [1.165, 1.54) is 193 Å². The highest BCUT2D eigenvalue weighted by Gasteiger charge is 2.30. The van der Waals surface area contributed by atoms with Gasteiger partial charge in [-0.2, -0.15) is 0 Å². The van der Waals surface area contributed by atoms with Crippen LogP contribution in [-0.2, 0) is 65.4 Å². The molecular formula is C74H144O17P2. The van der Waals surface area contributed by atoms with Gasteiger partial charge in [0.15, 0.2) is 12.2 Å². The second-order valence-corrected chi connectivity index (χ2v) is 30.5. The highest BCUT2D eigenvalue weighted by Crippen LogP contribution is 2.45. The SMILES string of the molecule is CCCCCCCCCCCCCC(=O)O[C@H](COC(=O)CCCCCCC)COP(=O)(O)OC[C@H](O)COP(=O)(O)OC[C@@H](COC(=O)CCCCCCCCCCCCCCCCCC(C)C)OC(=O)CCCCCCCCCCCCCCCCCCC(C)C. The van der Waals surface area contributed by atoms with Crippen molar-refractivity contribution < 1.29 is 80.2 Å². The summed E-state index contributed by atoms with van der Waals surface area (Å²) >= 11 is 0. The molecule has 0 bridgehead atoms. The van der Waals surface area contributed by atoms with Crippen LogP contribution < -0.4 is 0 Å². The number of phosphoric acid groups is 2. The molecule has 552 valence electrons. The van der Waals surface area contributed by atoms with Crippen LogP contribution in [0.2, 0.25) is 0 Å². The van der Waals surface area contributed by atoms with Crippen LogP contribution in [0.3, 0.4) is 0 Å². The van der Waals surface area contributed by atoms with Gasteiger partial charge in [0, 0.05) is 25.7 Å². The van der Waals surface area contributed by atoms with Crippen molar-refractivity contribution in [3.63, 3.8) is 0 Å². The third-order valence-corrected chi connectivity index (χ3v) is 19.1. The Balaban J connectivity index is 5.13. The summed E-state index contributed by atoms with van der Waals surface area (Å²) < 4.78 is 68.2. The summed E-state index contributed by atoms with van der Waals surface area (Å²) in [5, 5.41) is 10.6. The lowest BCUT2D eigenvalue weighted by Crippen LogP contribution is -2.30. The smallest absolute Gasteiger partial charge is 0.462 e. The molecule has 0 saturated carbocycles. The Morgan fingerprint density at radius 3 is 0.731 bits per heavy atom. The fourth-order valence-corrected chi connectivity index (χ4v) is 12.9. The highest BCUT2D eigenvalue weighted by molar-refractivity contribution is 7.47. The maximum Gasteiger partial charge on any atom is 0.472 e. The lowest BCUT2D eigenvalue weighted by Gasteiger charge is -2.21. The van der Waals surface area contributed by atoms with Crippen molar-refractivity contribution in [2.24, 2.45) is 11.8 Å². The third-order valence-electron chi connectivity index (χ3n) is 17.2. The molecule has 0 aromatic rings. The normalized spacial score (nSPS) is 14.1. The molecule has 0 aliphatic rings. The maximum atomic E-state index is 13.1. The van der Waals surface area contributed by atoms with E-state index in [0.29, 0.717) is 25.7 Å². The minimum Gasteiger partial charge on any atom is -0.462 e. The zero-order chi connectivity index (χ0) is 68.6. The molecule has 0 rings (SSSR count). The van der Waals surface area contributed by atoms with Crippen molar-refractivity contribution in [3.05, 3.63) is 0 Å². The van der Waals surface area contributed by atoms with Crippen LogP contribution in [0.4, 0.5) is 0 Å². The summed E-state index contributed by atoms with van der Waals surface area (Å²) in [7, 11) is -9.90. The van der Waals surface area contributed by atoms with Crippen LogP contribution >= 0.6 is 15.6 Å². The predicted octanol–water partition coefficient (Wildman–Crippen LogP) is 21.6. The molecule has 2 unspecified atom stereocenters. The fourth-order valence-electron chi connectivity index (χ4n) is 11.3. The molecule has 0 heterocycles. The lowest BCUT2D eigenvalue weighted by atomic mass is 10.0. The standard InChI is InChI=1S/C74H144O17P2/c1-7-9-11-13-14-15-27-35-40-46-52-58-73(78)90-69(62-84-71(76)56-50-42-12-10-8-2)64-88-92(80,81)86-60-68(75)61-87-93(82,83)89-65-70(63-85-72(77)57-51-45-39-34-30-25-22-18-20-24-29-33-38-44-49-55-67(5)6)91-74(79)59-53-47-41-36-31-26-21-17-16-19-23-28-32-37-43-48-54-66(3)4/h66-70,75H,7-65H2,1-6H3,(H,80,81)(H,82,83)/t68-,69+,70+/m0/s1. The second-order valence-electron chi connectivity index (χ2n) is 27.6. The van der Waals surface area contributed by atoms with Crippen LogP contribution in [0.25, 0.3) is 0 Å². The highest BCUT2D eigenvalue weighted by atomic mass is 31.2. The molecule has 17 nitrogen and oxygen atoms in total. The van der Waals surface area contributed by atoms with E-state index in [0.717, 1.165) is 108 Å². The monoisotopic (exact) mass is 1370 g/mol. The van der Waals surface area contributed by atoms with Gasteiger partial charge in [0.1, 0.15) is 19.3 Å². The Labute approximate surface area is 568 Å². The van der Waals surface area contributed by atoms with Gasteiger partial charge in [0.05, 0.1) is 26.4 Å². The van der Waals surface area contributed by atoms with Crippen molar-refractivity contribution in [3.8, 4) is 0 Å². The van der Waals surface area contributed by atoms with Crippen LogP contribution in [-0.4, -0.2) is 96.7 Å². The predicted molar refractivity (Wildman–Crippen MR) is 377 cm³/mol. The van der Waals surface area contributed by atoms with E-state index in [1.54, 1.807) is 0 Å². The summed E-state index contributed by atoms with van der Waals surface area (Å²) in [6.07, 6.45) is 53.1. The molecule has 19 heteroatoms. The molecule has 0 spiro atoms. The van der Waals surface area contributed by atoms with E-state index in [-0.39, 0.29) is 25.7 Å². The number of hydrogen-bond acceptors (Lipinski definition) is 15. The number of rotatable bonds is 73. The van der Waals surface area contributed by atoms with Crippen LogP contribution in [0.15, 0.2) is 0 Å². The Morgan fingerprint density at radius 2 is 0.495 bits per heavy atom. The largest absolute Gasteiger partial charge is 0.472 e. The molecule has 3 N–H and O–H groups in total. The number of hydrogen-bond donors (Lipinski definition) is 3. The quantitative estimate of drug-likeness (QED) is 0.0222. The number of esters is 4. The van der Waals surface area contributed by atoms with Crippen LogP contribution in [0.5, 0.6) is 0 Å². The Morgan fingerprint density at radius 1 is 0.290 bits per heavy atom. The van der Waals surface area contributed by atoms with Crippen molar-refractivity contribution in [1.82, 2.24) is 0 Å². The van der Waals surface area contributed by atoms with Gasteiger partial charge in [-0.1, -0.05) is 330 Å². The van der Waals surface area contributed by atoms with Gasteiger partial charge < -0.3 is 33.8 Å². The first-order chi connectivity index (χ1) is 44.9. The number of unbranched alkanes of at least 4 members (excludes halogenated alkanes) is 43. The Kier molecular flexibility index (Phi) is 64.6. The van der Waals surface area contributed by atoms with Crippen molar-refractivity contribution >= 4 is 39.5 Å². The Hall–Kier alpha value is -1.94. The first-order valence-electron chi connectivity index (χ1n) is 38.5. The molecule has 0 aromatic carbocycles. The summed E-state index contributed by atoms with van der Waals surface area (Å²) in [6, 6.07) is 0. The summed E-state index contributed by atoms with van der Waals surface area (Å²) in [5.41, 5.74) is 0. The van der Waals surface area contributed by atoms with E-state index >= 15 is 0 Å². The zero-order valence-corrected chi connectivity index (χ0v) is 62.3. The van der Waals surface area contributed by atoms with E-state index in [2.05, 4.69) is 41.5 Å². The van der Waals surface area contributed by atoms with Crippen LogP contribution in [0.1, 0.15) is 382 Å². The fraction of sp³-hybridized carbons (Fsp3) is 0.946. The molecule has 0 saturated heterocycles. The van der Waals surface area contributed by atoms with E-state index in [1.807, 2.05) is 0 Å². The zero-order valence-electron chi connectivity index (χ0n) is 60.6. The molecule has 0 fully saturated rings. The van der Waals surface area contributed by atoms with Gasteiger partial charge in [-0.05, 0) is 37.5 Å². The molecule has 0 aliphatic carbocycles. The van der Waals surface area contributed by atoms with Gasteiger partial charge in [-0.3, -0.25) is 37.3 Å². The first kappa shape index (κ1) is 91.1. The summed E-state index contributed by atoms with van der Waals surface area (Å²) in [5.74, 6) is -0.514. The minimum absolute atomic E-state index is 0.106. The number of carbonyl (C=O) groups excluding carboxylic acids is 4. The summed E-state index contributed by atoms with van der Waals surface area (Å²) in [4.78, 5) is 72.4.